The fraction of sp³-hybridized carbons (Fsp3) is 0.545. The van der Waals surface area contributed by atoms with Crippen molar-refractivity contribution in [3.63, 3.8) is 0 Å². The first kappa shape index (κ1) is 14.2. The Labute approximate surface area is 104 Å². The second kappa shape index (κ2) is 6.75. The molecule has 0 aromatic carbocycles. The fourth-order valence-corrected chi connectivity index (χ4v) is 1.41. The molecule has 3 N–H and O–H groups in total. The minimum Gasteiger partial charge on any atom is -0.466 e. The minimum absolute atomic E-state index is 0.0536. The van der Waals surface area contributed by atoms with E-state index in [-0.39, 0.29) is 24.4 Å². The maximum absolute atomic E-state index is 11.7. The molecule has 100 valence electrons. The summed E-state index contributed by atoms with van der Waals surface area (Å²) in [5, 5.41) is 0. The van der Waals surface area contributed by atoms with Crippen LogP contribution in [0.15, 0.2) is 4.79 Å². The van der Waals surface area contributed by atoms with Gasteiger partial charge in [-0.15, -0.1) is 0 Å². The van der Waals surface area contributed by atoms with Crippen LogP contribution in [0.3, 0.4) is 0 Å². The summed E-state index contributed by atoms with van der Waals surface area (Å²) >= 11 is 0. The summed E-state index contributed by atoms with van der Waals surface area (Å²) in [6, 6.07) is 0. The normalized spacial score (nSPS) is 10.3. The molecule has 1 aromatic rings. The standard InChI is InChI=1S/C11H17N3O4/c1-3-18-9(15)6-7-10(12)13-8(4-5-17-2)14-11(7)16/h3-6H2,1-2H3,(H3,12,13,14,16). The Kier molecular flexibility index (Phi) is 5.31. The maximum atomic E-state index is 11.7. The van der Waals surface area contributed by atoms with E-state index >= 15 is 0 Å². The van der Waals surface area contributed by atoms with Crippen LogP contribution in [0.25, 0.3) is 0 Å². The molecule has 0 radical (unpaired) electrons. The van der Waals surface area contributed by atoms with Crippen molar-refractivity contribution < 1.29 is 14.3 Å². The van der Waals surface area contributed by atoms with E-state index in [4.69, 9.17) is 15.2 Å². The van der Waals surface area contributed by atoms with Crippen LogP contribution in [0, 0.1) is 0 Å². The van der Waals surface area contributed by atoms with Crippen LogP contribution in [0.4, 0.5) is 5.82 Å². The molecule has 0 spiro atoms. The van der Waals surface area contributed by atoms with Crippen molar-refractivity contribution in [3.05, 3.63) is 21.7 Å². The quantitative estimate of drug-likeness (QED) is 0.672. The lowest BCUT2D eigenvalue weighted by Gasteiger charge is -2.06. The number of esters is 1. The molecule has 1 rings (SSSR count). The van der Waals surface area contributed by atoms with Crippen LogP contribution in [-0.4, -0.2) is 36.3 Å². The van der Waals surface area contributed by atoms with Crippen molar-refractivity contribution in [2.45, 2.75) is 19.8 Å². The molecule has 1 heterocycles. The van der Waals surface area contributed by atoms with Gasteiger partial charge in [0.25, 0.3) is 5.56 Å². The number of anilines is 1. The van der Waals surface area contributed by atoms with Gasteiger partial charge in [0.15, 0.2) is 0 Å². The number of nitrogen functional groups attached to an aromatic ring is 1. The SMILES string of the molecule is CCOC(=O)Cc1c(N)nc(CCOC)[nH]c1=O. The van der Waals surface area contributed by atoms with E-state index in [0.717, 1.165) is 0 Å². The first-order chi connectivity index (χ1) is 8.58. The van der Waals surface area contributed by atoms with Gasteiger partial charge in [0.1, 0.15) is 11.6 Å². The summed E-state index contributed by atoms with van der Waals surface area (Å²) in [6.07, 6.45) is 0.280. The molecule has 0 saturated heterocycles. The molecular weight excluding hydrogens is 238 g/mol. The second-order valence-corrected chi connectivity index (χ2v) is 3.60. The highest BCUT2D eigenvalue weighted by Gasteiger charge is 2.13. The van der Waals surface area contributed by atoms with Crippen molar-refractivity contribution in [2.24, 2.45) is 0 Å². The van der Waals surface area contributed by atoms with Crippen molar-refractivity contribution in [3.8, 4) is 0 Å². The Balaban J connectivity index is 2.87. The number of nitrogens with one attached hydrogen (secondary N) is 1. The first-order valence-corrected chi connectivity index (χ1v) is 5.60. The van der Waals surface area contributed by atoms with Crippen LogP contribution < -0.4 is 11.3 Å². The highest BCUT2D eigenvalue weighted by atomic mass is 16.5. The molecule has 0 saturated carbocycles. The van der Waals surface area contributed by atoms with E-state index in [9.17, 15) is 9.59 Å². The number of nitrogens with zero attached hydrogens (tertiary/aromatic N) is 1. The topological polar surface area (TPSA) is 107 Å². The summed E-state index contributed by atoms with van der Waals surface area (Å²) in [5.41, 5.74) is 5.38. The fourth-order valence-electron chi connectivity index (χ4n) is 1.41. The minimum atomic E-state index is -0.499. The molecule has 0 bridgehead atoms. The van der Waals surface area contributed by atoms with Crippen LogP contribution in [0.1, 0.15) is 18.3 Å². The third-order valence-electron chi connectivity index (χ3n) is 2.27. The molecule has 7 heteroatoms. The number of carbonyl (C=O) groups excluding carboxylic acids is 1. The zero-order chi connectivity index (χ0) is 13.5. The van der Waals surface area contributed by atoms with E-state index in [1.807, 2.05) is 0 Å². The number of rotatable bonds is 6. The molecule has 0 atom stereocenters. The number of ether oxygens (including phenoxy) is 2. The maximum Gasteiger partial charge on any atom is 0.310 e. The average molecular weight is 255 g/mol. The number of H-pyrrole nitrogens is 1. The van der Waals surface area contributed by atoms with Crippen LogP contribution in [0.5, 0.6) is 0 Å². The first-order valence-electron chi connectivity index (χ1n) is 5.60. The zero-order valence-electron chi connectivity index (χ0n) is 10.5. The molecule has 0 aliphatic rings. The molecule has 18 heavy (non-hydrogen) atoms. The van der Waals surface area contributed by atoms with E-state index in [1.165, 1.54) is 0 Å². The lowest BCUT2D eigenvalue weighted by Crippen LogP contribution is -2.23. The Bertz CT molecular complexity index is 470. The predicted molar refractivity (Wildman–Crippen MR) is 65.2 cm³/mol. The zero-order valence-corrected chi connectivity index (χ0v) is 10.5. The van der Waals surface area contributed by atoms with E-state index < -0.39 is 11.5 Å². The van der Waals surface area contributed by atoms with Gasteiger partial charge in [-0.3, -0.25) is 9.59 Å². The van der Waals surface area contributed by atoms with E-state index in [0.29, 0.717) is 18.9 Å². The van der Waals surface area contributed by atoms with Crippen LogP contribution >= 0.6 is 0 Å². The third-order valence-corrected chi connectivity index (χ3v) is 2.27. The third kappa shape index (κ3) is 3.85. The molecule has 0 amide bonds. The number of methoxy groups -OCH3 is 1. The Morgan fingerprint density at radius 3 is 2.78 bits per heavy atom. The molecule has 7 nitrogen and oxygen atoms in total. The van der Waals surface area contributed by atoms with Gasteiger partial charge in [-0.2, -0.15) is 0 Å². The molecule has 0 unspecified atom stereocenters. The Morgan fingerprint density at radius 1 is 1.50 bits per heavy atom. The van der Waals surface area contributed by atoms with Gasteiger partial charge in [-0.05, 0) is 6.92 Å². The molecular formula is C11H17N3O4. The number of aromatic nitrogens is 2. The van der Waals surface area contributed by atoms with Gasteiger partial charge in [-0.1, -0.05) is 0 Å². The van der Waals surface area contributed by atoms with Crippen molar-refractivity contribution in [1.82, 2.24) is 9.97 Å². The summed E-state index contributed by atoms with van der Waals surface area (Å²) in [5.74, 6) is -0.00833. The van der Waals surface area contributed by atoms with Crippen molar-refractivity contribution in [1.29, 1.82) is 0 Å². The molecule has 0 aliphatic heterocycles. The smallest absolute Gasteiger partial charge is 0.310 e. The Morgan fingerprint density at radius 2 is 2.22 bits per heavy atom. The van der Waals surface area contributed by atoms with Crippen molar-refractivity contribution >= 4 is 11.8 Å². The lowest BCUT2D eigenvalue weighted by molar-refractivity contribution is -0.142. The number of hydrogen-bond acceptors (Lipinski definition) is 6. The van der Waals surface area contributed by atoms with Gasteiger partial charge >= 0.3 is 5.97 Å². The average Bonchev–Trinajstić information content (AvgIpc) is 2.31. The highest BCUT2D eigenvalue weighted by Crippen LogP contribution is 2.05. The lowest BCUT2D eigenvalue weighted by atomic mass is 10.2. The van der Waals surface area contributed by atoms with E-state index in [2.05, 4.69) is 9.97 Å². The second-order valence-electron chi connectivity index (χ2n) is 3.60. The number of hydrogen-bond donors (Lipinski definition) is 2. The molecule has 1 aromatic heterocycles. The summed E-state index contributed by atoms with van der Waals surface area (Å²) in [6.45, 7) is 2.38. The van der Waals surface area contributed by atoms with Gasteiger partial charge in [0, 0.05) is 13.5 Å². The van der Waals surface area contributed by atoms with Gasteiger partial charge in [0.2, 0.25) is 0 Å². The molecule has 0 aliphatic carbocycles. The van der Waals surface area contributed by atoms with E-state index in [1.54, 1.807) is 14.0 Å². The van der Waals surface area contributed by atoms with Gasteiger partial charge in [0.05, 0.1) is 25.2 Å². The number of carbonyl (C=O) groups is 1. The van der Waals surface area contributed by atoms with Gasteiger partial charge < -0.3 is 20.2 Å². The Hall–Kier alpha value is -1.89. The summed E-state index contributed by atoms with van der Waals surface area (Å²) in [7, 11) is 1.55. The predicted octanol–water partition coefficient (Wildman–Crippen LogP) is -0.353. The van der Waals surface area contributed by atoms with Crippen LogP contribution in [-0.2, 0) is 27.1 Å². The number of aromatic amines is 1. The highest BCUT2D eigenvalue weighted by molar-refractivity contribution is 5.74. The van der Waals surface area contributed by atoms with Gasteiger partial charge in [-0.25, -0.2) is 4.98 Å². The monoisotopic (exact) mass is 255 g/mol. The summed E-state index contributed by atoms with van der Waals surface area (Å²) < 4.78 is 9.63. The molecule has 0 fully saturated rings. The van der Waals surface area contributed by atoms with Crippen molar-refractivity contribution in [2.75, 3.05) is 26.1 Å². The number of nitrogens with two attached hydrogens (primary N) is 1. The largest absolute Gasteiger partial charge is 0.466 e. The van der Waals surface area contributed by atoms with Crippen LogP contribution in [0.2, 0.25) is 0 Å². The summed E-state index contributed by atoms with van der Waals surface area (Å²) in [4.78, 5) is 29.6.